The highest BCUT2D eigenvalue weighted by molar-refractivity contribution is 7.98. The predicted octanol–water partition coefficient (Wildman–Crippen LogP) is 3.32. The highest BCUT2D eigenvalue weighted by Gasteiger charge is 2.04. The molecule has 0 saturated heterocycles. The van der Waals surface area contributed by atoms with Gasteiger partial charge < -0.3 is 10.5 Å². The molecule has 4 heteroatoms. The van der Waals surface area contributed by atoms with E-state index < -0.39 is 0 Å². The van der Waals surface area contributed by atoms with Gasteiger partial charge in [-0.3, -0.25) is 0 Å². The van der Waals surface area contributed by atoms with E-state index in [4.69, 9.17) is 15.7 Å². The fourth-order valence-electron chi connectivity index (χ4n) is 1.86. The van der Waals surface area contributed by atoms with Crippen molar-refractivity contribution in [1.82, 2.24) is 0 Å². The van der Waals surface area contributed by atoms with E-state index in [-0.39, 0.29) is 0 Å². The predicted molar refractivity (Wildman–Crippen MR) is 81.6 cm³/mol. The van der Waals surface area contributed by atoms with Crippen LogP contribution in [0.4, 0.5) is 0 Å². The molecule has 0 unspecified atom stereocenters. The Balaban J connectivity index is 2.09. The Morgan fingerprint density at radius 1 is 1.20 bits per heavy atom. The van der Waals surface area contributed by atoms with E-state index >= 15 is 0 Å². The lowest BCUT2D eigenvalue weighted by molar-refractivity contribution is 0.413. The van der Waals surface area contributed by atoms with E-state index in [9.17, 15) is 0 Å². The zero-order valence-corrected chi connectivity index (χ0v) is 12.1. The number of nitrogens with two attached hydrogens (primary N) is 1. The van der Waals surface area contributed by atoms with Crippen LogP contribution in [0.15, 0.2) is 47.4 Å². The van der Waals surface area contributed by atoms with Gasteiger partial charge in [0.1, 0.15) is 11.8 Å². The maximum atomic E-state index is 9.08. The molecule has 20 heavy (non-hydrogen) atoms. The number of thioether (sulfide) groups is 1. The fraction of sp³-hybridized carbons (Fsp3) is 0.188. The number of methoxy groups -OCH3 is 1. The Kier molecular flexibility index (Phi) is 5.05. The van der Waals surface area contributed by atoms with E-state index in [0.29, 0.717) is 17.9 Å². The van der Waals surface area contributed by atoms with Crippen LogP contribution in [0.3, 0.4) is 0 Å². The van der Waals surface area contributed by atoms with Gasteiger partial charge in [0.15, 0.2) is 0 Å². The van der Waals surface area contributed by atoms with Crippen LogP contribution in [0.1, 0.15) is 16.7 Å². The fourth-order valence-corrected chi connectivity index (χ4v) is 2.78. The van der Waals surface area contributed by atoms with Crippen molar-refractivity contribution in [2.75, 3.05) is 7.11 Å². The Bertz CT molecular complexity index is 635. The average molecular weight is 284 g/mol. The van der Waals surface area contributed by atoms with Crippen molar-refractivity contribution in [3.05, 3.63) is 59.2 Å². The van der Waals surface area contributed by atoms with E-state index in [2.05, 4.69) is 18.2 Å². The highest BCUT2D eigenvalue weighted by Crippen LogP contribution is 2.26. The summed E-state index contributed by atoms with van der Waals surface area (Å²) in [4.78, 5) is 1.18. The molecule has 0 fully saturated rings. The SMILES string of the molecule is COc1ccc(CSc2cccc(CN)c2)cc1C#N. The molecule has 2 aromatic rings. The third kappa shape index (κ3) is 3.53. The average Bonchev–Trinajstić information content (AvgIpc) is 2.52. The summed E-state index contributed by atoms with van der Waals surface area (Å²) in [6, 6.07) is 16.0. The first-order valence-corrected chi connectivity index (χ1v) is 7.24. The number of benzene rings is 2. The second-order valence-corrected chi connectivity index (χ2v) is 5.34. The highest BCUT2D eigenvalue weighted by atomic mass is 32.2. The Hall–Kier alpha value is -1.96. The lowest BCUT2D eigenvalue weighted by Gasteiger charge is -2.07. The minimum absolute atomic E-state index is 0.551. The zero-order chi connectivity index (χ0) is 14.4. The van der Waals surface area contributed by atoms with Crippen molar-refractivity contribution < 1.29 is 4.74 Å². The minimum Gasteiger partial charge on any atom is -0.495 e. The number of nitriles is 1. The van der Waals surface area contributed by atoms with Crippen LogP contribution in [0, 0.1) is 11.3 Å². The van der Waals surface area contributed by atoms with Gasteiger partial charge in [0.05, 0.1) is 12.7 Å². The number of hydrogen-bond acceptors (Lipinski definition) is 4. The van der Waals surface area contributed by atoms with Crippen molar-refractivity contribution >= 4 is 11.8 Å². The van der Waals surface area contributed by atoms with Gasteiger partial charge in [-0.15, -0.1) is 11.8 Å². The molecule has 0 heterocycles. The van der Waals surface area contributed by atoms with Crippen LogP contribution in [0.5, 0.6) is 5.75 Å². The maximum Gasteiger partial charge on any atom is 0.136 e. The lowest BCUT2D eigenvalue weighted by atomic mass is 10.1. The normalized spacial score (nSPS) is 10.1. The quantitative estimate of drug-likeness (QED) is 0.856. The first-order chi connectivity index (χ1) is 9.76. The standard InChI is InChI=1S/C16H16N2OS/c1-19-16-6-5-13(7-14(16)10-18)11-20-15-4-2-3-12(8-15)9-17/h2-8H,9,11,17H2,1H3. The third-order valence-corrected chi connectivity index (χ3v) is 3.99. The van der Waals surface area contributed by atoms with Crippen molar-refractivity contribution in [2.45, 2.75) is 17.2 Å². The van der Waals surface area contributed by atoms with Gasteiger partial charge >= 0.3 is 0 Å². The summed E-state index contributed by atoms with van der Waals surface area (Å²) in [7, 11) is 1.57. The van der Waals surface area contributed by atoms with Crippen LogP contribution in [0.2, 0.25) is 0 Å². The van der Waals surface area contributed by atoms with E-state index in [1.807, 2.05) is 30.3 Å². The molecule has 102 valence electrons. The summed E-state index contributed by atoms with van der Waals surface area (Å²) in [5.41, 5.74) is 8.44. The van der Waals surface area contributed by atoms with Crippen LogP contribution in [0.25, 0.3) is 0 Å². The molecular weight excluding hydrogens is 268 g/mol. The monoisotopic (exact) mass is 284 g/mol. The number of hydrogen-bond donors (Lipinski definition) is 1. The maximum absolute atomic E-state index is 9.08. The molecule has 0 atom stereocenters. The zero-order valence-electron chi connectivity index (χ0n) is 11.3. The van der Waals surface area contributed by atoms with Crippen LogP contribution in [-0.4, -0.2) is 7.11 Å². The summed E-state index contributed by atoms with van der Waals surface area (Å²) < 4.78 is 5.14. The third-order valence-electron chi connectivity index (χ3n) is 2.92. The Labute approximate surface area is 123 Å². The van der Waals surface area contributed by atoms with Crippen molar-refractivity contribution in [3.63, 3.8) is 0 Å². The molecule has 3 nitrogen and oxygen atoms in total. The van der Waals surface area contributed by atoms with E-state index in [0.717, 1.165) is 16.9 Å². The van der Waals surface area contributed by atoms with Gasteiger partial charge in [-0.25, -0.2) is 0 Å². The number of rotatable bonds is 5. The van der Waals surface area contributed by atoms with Crippen molar-refractivity contribution in [1.29, 1.82) is 5.26 Å². The first-order valence-electron chi connectivity index (χ1n) is 6.25. The van der Waals surface area contributed by atoms with E-state index in [1.165, 1.54) is 4.90 Å². The van der Waals surface area contributed by atoms with Gasteiger partial charge in [0, 0.05) is 17.2 Å². The molecule has 2 rings (SSSR count). The summed E-state index contributed by atoms with van der Waals surface area (Å²) in [6.07, 6.45) is 0. The van der Waals surface area contributed by atoms with Crippen LogP contribution in [-0.2, 0) is 12.3 Å². The van der Waals surface area contributed by atoms with Gasteiger partial charge in [-0.2, -0.15) is 5.26 Å². The summed E-state index contributed by atoms with van der Waals surface area (Å²) in [5, 5.41) is 9.08. The second-order valence-electron chi connectivity index (χ2n) is 4.29. The van der Waals surface area contributed by atoms with Gasteiger partial charge in [0.2, 0.25) is 0 Å². The molecular formula is C16H16N2OS. The topological polar surface area (TPSA) is 59.0 Å². The molecule has 0 aliphatic rings. The Morgan fingerprint density at radius 3 is 2.75 bits per heavy atom. The Morgan fingerprint density at radius 2 is 2.05 bits per heavy atom. The summed E-state index contributed by atoms with van der Waals surface area (Å²) in [6.45, 7) is 0.551. The van der Waals surface area contributed by atoms with Gasteiger partial charge in [-0.1, -0.05) is 18.2 Å². The molecule has 0 aliphatic carbocycles. The van der Waals surface area contributed by atoms with Crippen molar-refractivity contribution in [2.24, 2.45) is 5.73 Å². The number of nitrogens with zero attached hydrogens (tertiary/aromatic N) is 1. The van der Waals surface area contributed by atoms with Crippen LogP contribution < -0.4 is 10.5 Å². The molecule has 0 bridgehead atoms. The molecule has 2 aromatic carbocycles. The lowest BCUT2D eigenvalue weighted by Crippen LogP contribution is -1.95. The summed E-state index contributed by atoms with van der Waals surface area (Å²) in [5.74, 6) is 1.43. The van der Waals surface area contributed by atoms with Gasteiger partial charge in [0.25, 0.3) is 0 Å². The molecule has 0 amide bonds. The largest absolute Gasteiger partial charge is 0.495 e. The van der Waals surface area contributed by atoms with Gasteiger partial charge in [-0.05, 0) is 35.4 Å². The van der Waals surface area contributed by atoms with E-state index in [1.54, 1.807) is 18.9 Å². The smallest absolute Gasteiger partial charge is 0.136 e. The molecule has 0 aliphatic heterocycles. The van der Waals surface area contributed by atoms with Crippen molar-refractivity contribution in [3.8, 4) is 11.8 Å². The van der Waals surface area contributed by atoms with Crippen LogP contribution >= 0.6 is 11.8 Å². The molecule has 0 spiro atoms. The summed E-state index contributed by atoms with van der Waals surface area (Å²) >= 11 is 1.73. The molecule has 0 radical (unpaired) electrons. The molecule has 0 aromatic heterocycles. The first kappa shape index (κ1) is 14.4. The molecule has 0 saturated carbocycles. The second kappa shape index (κ2) is 6.99. The molecule has 2 N–H and O–H groups in total. The minimum atomic E-state index is 0.551. The number of ether oxygens (including phenoxy) is 1.